The molecule has 1 atom stereocenters. The van der Waals surface area contributed by atoms with Gasteiger partial charge in [-0.1, -0.05) is 47.8 Å². The first-order valence-electron chi connectivity index (χ1n) is 7.33. The lowest BCUT2D eigenvalue weighted by Gasteiger charge is -2.06. The molecule has 1 unspecified atom stereocenters. The fraction of sp³-hybridized carbons (Fsp3) is 0.375. The van der Waals surface area contributed by atoms with E-state index in [9.17, 15) is 4.79 Å². The van der Waals surface area contributed by atoms with E-state index in [2.05, 4.69) is 33.2 Å². The van der Waals surface area contributed by atoms with E-state index in [1.807, 2.05) is 24.3 Å². The summed E-state index contributed by atoms with van der Waals surface area (Å²) < 4.78 is 0.997. The monoisotopic (exact) mass is 381 g/mol. The highest BCUT2D eigenvalue weighted by Crippen LogP contribution is 2.21. The van der Waals surface area contributed by atoms with Crippen molar-refractivity contribution < 1.29 is 4.79 Å². The first-order valence-corrected chi connectivity index (χ1v) is 9.01. The number of amides is 1. The van der Waals surface area contributed by atoms with Gasteiger partial charge in [0.2, 0.25) is 0 Å². The summed E-state index contributed by atoms with van der Waals surface area (Å²) in [7, 11) is 0. The first kappa shape index (κ1) is 17.1. The lowest BCUT2D eigenvalue weighted by molar-refractivity contribution is 0.0946. The lowest BCUT2D eigenvalue weighted by atomic mass is 10.1. The first-order chi connectivity index (χ1) is 10.6. The van der Waals surface area contributed by atoms with Gasteiger partial charge in [-0.05, 0) is 24.1 Å². The van der Waals surface area contributed by atoms with Gasteiger partial charge in [0.25, 0.3) is 5.91 Å². The minimum Gasteiger partial charge on any atom is -0.347 e. The molecule has 1 heterocycles. The number of hydrogen-bond acceptors (Lipinski definition) is 4. The molecule has 22 heavy (non-hydrogen) atoms. The second kappa shape index (κ2) is 8.41. The minimum absolute atomic E-state index is 0.0726. The molecular formula is C16H20BrN3OS. The zero-order chi connectivity index (χ0) is 15.9. The summed E-state index contributed by atoms with van der Waals surface area (Å²) in [6.07, 6.45) is 3.09. The molecule has 0 fully saturated rings. The number of thiazole rings is 1. The molecule has 1 aromatic heterocycles. The Hall–Kier alpha value is -1.24. The predicted octanol–water partition coefficient (Wildman–Crippen LogP) is 4.03. The van der Waals surface area contributed by atoms with E-state index >= 15 is 0 Å². The summed E-state index contributed by atoms with van der Waals surface area (Å²) in [4.78, 5) is 16.5. The summed E-state index contributed by atoms with van der Waals surface area (Å²) >= 11 is 4.87. The van der Waals surface area contributed by atoms with E-state index in [1.165, 1.54) is 11.3 Å². The molecule has 0 aliphatic heterocycles. The summed E-state index contributed by atoms with van der Waals surface area (Å²) in [5, 5.41) is 5.49. The zero-order valence-electron chi connectivity index (χ0n) is 12.5. The molecule has 0 spiro atoms. The SMILES string of the molecule is CCCCC(N)c1nc(C(=O)NCc2cccc(Br)c2)cs1. The standard InChI is InChI=1S/C16H20BrN3OS/c1-2-3-7-13(18)16-20-14(10-22-16)15(21)19-9-11-5-4-6-12(17)8-11/h4-6,8,10,13H,2-3,7,9,18H2,1H3,(H,19,21). The molecule has 0 aliphatic carbocycles. The number of rotatable bonds is 7. The largest absolute Gasteiger partial charge is 0.347 e. The van der Waals surface area contributed by atoms with Crippen LogP contribution >= 0.6 is 27.3 Å². The van der Waals surface area contributed by atoms with Gasteiger partial charge in [-0.2, -0.15) is 0 Å². The fourth-order valence-corrected chi connectivity index (χ4v) is 3.31. The van der Waals surface area contributed by atoms with Gasteiger partial charge in [0.1, 0.15) is 10.7 Å². The normalized spacial score (nSPS) is 12.1. The number of nitrogens with two attached hydrogens (primary N) is 1. The third-order valence-corrected chi connectivity index (χ3v) is 4.75. The van der Waals surface area contributed by atoms with Gasteiger partial charge in [-0.25, -0.2) is 4.98 Å². The van der Waals surface area contributed by atoms with Gasteiger partial charge in [0.15, 0.2) is 0 Å². The molecule has 0 saturated carbocycles. The number of aromatic nitrogens is 1. The van der Waals surface area contributed by atoms with Crippen LogP contribution < -0.4 is 11.1 Å². The summed E-state index contributed by atoms with van der Waals surface area (Å²) in [5.74, 6) is -0.162. The molecule has 2 aromatic rings. The Morgan fingerprint density at radius 3 is 3.05 bits per heavy atom. The molecular weight excluding hydrogens is 362 g/mol. The van der Waals surface area contributed by atoms with Crippen molar-refractivity contribution in [1.82, 2.24) is 10.3 Å². The van der Waals surface area contributed by atoms with Crippen molar-refractivity contribution >= 4 is 33.2 Å². The van der Waals surface area contributed by atoms with Gasteiger partial charge >= 0.3 is 0 Å². The zero-order valence-corrected chi connectivity index (χ0v) is 14.9. The van der Waals surface area contributed by atoms with Crippen LogP contribution in [0.3, 0.4) is 0 Å². The highest BCUT2D eigenvalue weighted by atomic mass is 79.9. The second-order valence-corrected chi connectivity index (χ2v) is 6.94. The van der Waals surface area contributed by atoms with Gasteiger partial charge < -0.3 is 11.1 Å². The van der Waals surface area contributed by atoms with Gasteiger partial charge in [-0.15, -0.1) is 11.3 Å². The predicted molar refractivity (Wildman–Crippen MR) is 93.9 cm³/mol. The maximum atomic E-state index is 12.1. The molecule has 3 N–H and O–H groups in total. The summed E-state index contributed by atoms with van der Waals surface area (Å²) in [6.45, 7) is 2.61. The van der Waals surface area contributed by atoms with Crippen LogP contribution in [0.25, 0.3) is 0 Å². The van der Waals surface area contributed by atoms with E-state index < -0.39 is 0 Å². The van der Waals surface area contributed by atoms with Crippen LogP contribution in [-0.2, 0) is 6.54 Å². The average Bonchev–Trinajstić information content (AvgIpc) is 3.00. The Labute approximate surface area is 143 Å². The van der Waals surface area contributed by atoms with Crippen molar-refractivity contribution in [2.24, 2.45) is 5.73 Å². The minimum atomic E-state index is -0.162. The number of nitrogens with one attached hydrogen (secondary N) is 1. The van der Waals surface area contributed by atoms with E-state index in [0.717, 1.165) is 34.3 Å². The number of carbonyl (C=O) groups is 1. The van der Waals surface area contributed by atoms with Crippen LogP contribution in [-0.4, -0.2) is 10.9 Å². The topological polar surface area (TPSA) is 68.0 Å². The molecule has 0 bridgehead atoms. The third kappa shape index (κ3) is 4.90. The average molecular weight is 382 g/mol. The Bertz CT molecular complexity index is 629. The number of halogens is 1. The summed E-state index contributed by atoms with van der Waals surface area (Å²) in [5.41, 5.74) is 7.57. The van der Waals surface area contributed by atoms with Gasteiger partial charge in [0, 0.05) is 16.4 Å². The second-order valence-electron chi connectivity index (χ2n) is 5.13. The van der Waals surface area contributed by atoms with Crippen molar-refractivity contribution in [3.05, 3.63) is 50.4 Å². The van der Waals surface area contributed by atoms with Gasteiger partial charge in [-0.3, -0.25) is 4.79 Å². The Morgan fingerprint density at radius 1 is 1.50 bits per heavy atom. The van der Waals surface area contributed by atoms with E-state index in [0.29, 0.717) is 12.2 Å². The van der Waals surface area contributed by atoms with Crippen LogP contribution in [0.2, 0.25) is 0 Å². The molecule has 0 saturated heterocycles. The van der Waals surface area contributed by atoms with Crippen molar-refractivity contribution in [2.45, 2.75) is 38.8 Å². The smallest absolute Gasteiger partial charge is 0.271 e. The number of carbonyl (C=O) groups excluding carboxylic acids is 1. The highest BCUT2D eigenvalue weighted by molar-refractivity contribution is 9.10. The van der Waals surface area contributed by atoms with Gasteiger partial charge in [0.05, 0.1) is 6.04 Å². The molecule has 1 aromatic carbocycles. The number of hydrogen-bond donors (Lipinski definition) is 2. The van der Waals surface area contributed by atoms with Crippen molar-refractivity contribution in [2.75, 3.05) is 0 Å². The van der Waals surface area contributed by atoms with E-state index in [-0.39, 0.29) is 11.9 Å². The van der Waals surface area contributed by atoms with E-state index in [4.69, 9.17) is 5.73 Å². The molecule has 2 rings (SSSR count). The number of nitrogens with zero attached hydrogens (tertiary/aromatic N) is 1. The molecule has 4 nitrogen and oxygen atoms in total. The Kier molecular flexibility index (Phi) is 6.54. The van der Waals surface area contributed by atoms with Crippen LogP contribution in [0.15, 0.2) is 34.1 Å². The molecule has 0 radical (unpaired) electrons. The highest BCUT2D eigenvalue weighted by Gasteiger charge is 2.14. The molecule has 6 heteroatoms. The van der Waals surface area contributed by atoms with Crippen LogP contribution in [0, 0.1) is 0 Å². The number of benzene rings is 1. The van der Waals surface area contributed by atoms with Crippen LogP contribution in [0.4, 0.5) is 0 Å². The fourth-order valence-electron chi connectivity index (χ4n) is 2.03. The number of unbranched alkanes of at least 4 members (excludes halogenated alkanes) is 1. The third-order valence-electron chi connectivity index (χ3n) is 3.28. The lowest BCUT2D eigenvalue weighted by Crippen LogP contribution is -2.23. The van der Waals surface area contributed by atoms with Crippen LogP contribution in [0.1, 0.15) is 53.3 Å². The Balaban J connectivity index is 1.91. The summed E-state index contributed by atoms with van der Waals surface area (Å²) in [6, 6.07) is 7.78. The van der Waals surface area contributed by atoms with Crippen molar-refractivity contribution in [3.8, 4) is 0 Å². The maximum absolute atomic E-state index is 12.1. The van der Waals surface area contributed by atoms with Crippen molar-refractivity contribution in [3.63, 3.8) is 0 Å². The maximum Gasteiger partial charge on any atom is 0.271 e. The molecule has 0 aliphatic rings. The van der Waals surface area contributed by atoms with Crippen molar-refractivity contribution in [1.29, 1.82) is 0 Å². The van der Waals surface area contributed by atoms with E-state index in [1.54, 1.807) is 5.38 Å². The molecule has 1 amide bonds. The van der Waals surface area contributed by atoms with Crippen LogP contribution in [0.5, 0.6) is 0 Å². The quantitative estimate of drug-likeness (QED) is 0.760. The molecule has 118 valence electrons. The Morgan fingerprint density at radius 2 is 2.32 bits per heavy atom.